The number of carbonyl (C=O) groups is 1. The quantitative estimate of drug-likeness (QED) is 0.877. The van der Waals surface area contributed by atoms with Crippen molar-refractivity contribution < 1.29 is 9.53 Å². The van der Waals surface area contributed by atoms with E-state index in [0.29, 0.717) is 35.6 Å². The van der Waals surface area contributed by atoms with Crippen molar-refractivity contribution in [3.05, 3.63) is 16.1 Å². The molecule has 0 bridgehead atoms. The minimum absolute atomic E-state index is 0.108. The minimum Gasteiger partial charge on any atom is -0.382 e. The van der Waals surface area contributed by atoms with Gasteiger partial charge in [0.2, 0.25) is 5.91 Å². The Morgan fingerprint density at radius 2 is 2.33 bits per heavy atom. The molecule has 0 saturated carbocycles. The molecule has 1 aromatic heterocycles. The van der Waals surface area contributed by atoms with Crippen molar-refractivity contribution in [1.82, 2.24) is 10.3 Å². The highest BCUT2D eigenvalue weighted by atomic mass is 35.5. The third kappa shape index (κ3) is 3.70. The highest BCUT2D eigenvalue weighted by Gasteiger charge is 2.31. The fourth-order valence-corrected chi connectivity index (χ4v) is 2.58. The molecule has 0 radical (unpaired) electrons. The van der Waals surface area contributed by atoms with Crippen LogP contribution >= 0.6 is 23.2 Å². The van der Waals surface area contributed by atoms with Gasteiger partial charge in [0.25, 0.3) is 0 Å². The van der Waals surface area contributed by atoms with Crippen molar-refractivity contribution >= 4 is 40.7 Å². The Labute approximate surface area is 133 Å². The zero-order valence-electron chi connectivity index (χ0n) is 11.7. The number of nitrogens with one attached hydrogen (secondary N) is 1. The monoisotopic (exact) mass is 332 g/mol. The predicted octanol–water partition coefficient (Wildman–Crippen LogP) is 1.70. The molecule has 2 heterocycles. The number of aromatic nitrogens is 1. The van der Waals surface area contributed by atoms with Gasteiger partial charge in [-0.3, -0.25) is 4.79 Å². The molecule has 1 aromatic rings. The molecular weight excluding hydrogens is 315 g/mol. The Bertz CT molecular complexity index is 527. The zero-order chi connectivity index (χ0) is 15.4. The van der Waals surface area contributed by atoms with Crippen LogP contribution in [0.25, 0.3) is 0 Å². The summed E-state index contributed by atoms with van der Waals surface area (Å²) in [6.45, 7) is 3.91. The number of hydrogen-bond acceptors (Lipinski definition) is 5. The lowest BCUT2D eigenvalue weighted by atomic mass is 10.2. The normalized spacial score (nSPS) is 18.6. The van der Waals surface area contributed by atoms with Gasteiger partial charge in [-0.15, -0.1) is 0 Å². The van der Waals surface area contributed by atoms with Gasteiger partial charge in [0.1, 0.15) is 11.9 Å². The van der Waals surface area contributed by atoms with Gasteiger partial charge in [0.15, 0.2) is 5.82 Å². The van der Waals surface area contributed by atoms with Crippen LogP contribution < -0.4 is 16.0 Å². The van der Waals surface area contributed by atoms with E-state index in [-0.39, 0.29) is 18.3 Å². The van der Waals surface area contributed by atoms with Gasteiger partial charge in [0.05, 0.1) is 23.3 Å². The molecule has 0 aromatic carbocycles. The van der Waals surface area contributed by atoms with Crippen LogP contribution in [-0.2, 0) is 9.53 Å². The highest BCUT2D eigenvalue weighted by Crippen LogP contribution is 2.31. The molecule has 0 aliphatic carbocycles. The number of amides is 1. The van der Waals surface area contributed by atoms with Crippen molar-refractivity contribution in [2.45, 2.75) is 19.4 Å². The molecule has 21 heavy (non-hydrogen) atoms. The lowest BCUT2D eigenvalue weighted by Crippen LogP contribution is -2.54. The molecule has 2 rings (SSSR count). The second kappa shape index (κ2) is 7.15. The van der Waals surface area contributed by atoms with E-state index in [1.165, 1.54) is 6.07 Å². The van der Waals surface area contributed by atoms with Gasteiger partial charge in [0, 0.05) is 13.1 Å². The van der Waals surface area contributed by atoms with Crippen LogP contribution in [0.2, 0.25) is 10.0 Å². The summed E-state index contributed by atoms with van der Waals surface area (Å²) in [5, 5.41) is 3.52. The molecule has 8 heteroatoms. The number of anilines is 2. The lowest BCUT2D eigenvalue weighted by molar-refractivity contribution is -0.124. The van der Waals surface area contributed by atoms with Gasteiger partial charge >= 0.3 is 0 Å². The van der Waals surface area contributed by atoms with E-state index in [9.17, 15) is 4.79 Å². The summed E-state index contributed by atoms with van der Waals surface area (Å²) < 4.78 is 5.40. The van der Waals surface area contributed by atoms with Crippen LogP contribution in [0.15, 0.2) is 6.07 Å². The average Bonchev–Trinajstić information content (AvgIpc) is 2.48. The minimum atomic E-state index is -0.476. The highest BCUT2D eigenvalue weighted by molar-refractivity contribution is 6.37. The SMILES string of the molecule is CCCNC(=O)C1COCCN1c1nc(N)c(Cl)cc1Cl. The van der Waals surface area contributed by atoms with Crippen LogP contribution in [0.4, 0.5) is 11.6 Å². The number of rotatable bonds is 4. The van der Waals surface area contributed by atoms with Crippen molar-refractivity contribution in [2.75, 3.05) is 36.9 Å². The maximum Gasteiger partial charge on any atom is 0.245 e. The maximum atomic E-state index is 12.2. The van der Waals surface area contributed by atoms with Crippen LogP contribution in [0, 0.1) is 0 Å². The number of hydrogen-bond donors (Lipinski definition) is 2. The number of morpholine rings is 1. The summed E-state index contributed by atoms with van der Waals surface area (Å²) in [5.41, 5.74) is 5.74. The van der Waals surface area contributed by atoms with Gasteiger partial charge in [-0.2, -0.15) is 0 Å². The fraction of sp³-hybridized carbons (Fsp3) is 0.538. The van der Waals surface area contributed by atoms with E-state index in [0.717, 1.165) is 6.42 Å². The molecule has 1 aliphatic heterocycles. The first-order valence-electron chi connectivity index (χ1n) is 6.78. The number of pyridine rings is 1. The molecule has 6 nitrogen and oxygen atoms in total. The summed E-state index contributed by atoms with van der Waals surface area (Å²) in [7, 11) is 0. The van der Waals surface area contributed by atoms with E-state index in [4.69, 9.17) is 33.7 Å². The Hall–Kier alpha value is -1.24. The number of nitrogen functional groups attached to an aromatic ring is 1. The van der Waals surface area contributed by atoms with E-state index in [2.05, 4.69) is 10.3 Å². The summed E-state index contributed by atoms with van der Waals surface area (Å²) in [6, 6.07) is 1.06. The molecule has 116 valence electrons. The van der Waals surface area contributed by atoms with Crippen LogP contribution in [0.3, 0.4) is 0 Å². The standard InChI is InChI=1S/C13H18Cl2N4O2/c1-2-3-17-13(20)10-7-21-5-4-19(10)12-9(15)6-8(14)11(16)18-12/h6,10H,2-5,7H2,1H3,(H2,16,18)(H,17,20). The number of carbonyl (C=O) groups excluding carboxylic acids is 1. The maximum absolute atomic E-state index is 12.2. The number of halogens is 2. The average molecular weight is 333 g/mol. The van der Waals surface area contributed by atoms with E-state index >= 15 is 0 Å². The van der Waals surface area contributed by atoms with Gasteiger partial charge in [-0.1, -0.05) is 30.1 Å². The van der Waals surface area contributed by atoms with Crippen molar-refractivity contribution in [2.24, 2.45) is 0 Å². The van der Waals surface area contributed by atoms with Crippen LogP contribution in [0.1, 0.15) is 13.3 Å². The first-order chi connectivity index (χ1) is 10.0. The molecule has 1 amide bonds. The van der Waals surface area contributed by atoms with Crippen molar-refractivity contribution in [1.29, 1.82) is 0 Å². The molecule has 3 N–H and O–H groups in total. The summed E-state index contributed by atoms with van der Waals surface area (Å²) >= 11 is 12.1. The van der Waals surface area contributed by atoms with E-state index < -0.39 is 6.04 Å². The molecule has 1 aliphatic rings. The third-order valence-corrected chi connectivity index (χ3v) is 3.77. The molecule has 0 spiro atoms. The summed E-state index contributed by atoms with van der Waals surface area (Å²) in [6.07, 6.45) is 0.867. The summed E-state index contributed by atoms with van der Waals surface area (Å²) in [5.74, 6) is 0.539. The van der Waals surface area contributed by atoms with E-state index in [1.807, 2.05) is 11.8 Å². The Morgan fingerprint density at radius 1 is 1.57 bits per heavy atom. The third-order valence-electron chi connectivity index (χ3n) is 3.19. The number of nitrogens with two attached hydrogens (primary N) is 1. The smallest absolute Gasteiger partial charge is 0.245 e. The zero-order valence-corrected chi connectivity index (χ0v) is 13.2. The molecular formula is C13H18Cl2N4O2. The second-order valence-electron chi connectivity index (χ2n) is 4.74. The van der Waals surface area contributed by atoms with Crippen LogP contribution in [0.5, 0.6) is 0 Å². The number of ether oxygens (including phenoxy) is 1. The number of nitrogens with zero attached hydrogens (tertiary/aromatic N) is 2. The predicted molar refractivity (Wildman–Crippen MR) is 83.9 cm³/mol. The van der Waals surface area contributed by atoms with Gasteiger partial charge in [-0.25, -0.2) is 4.98 Å². The van der Waals surface area contributed by atoms with E-state index in [1.54, 1.807) is 0 Å². The Kier molecular flexibility index (Phi) is 5.50. The van der Waals surface area contributed by atoms with Gasteiger partial charge < -0.3 is 20.7 Å². The lowest BCUT2D eigenvalue weighted by Gasteiger charge is -2.36. The topological polar surface area (TPSA) is 80.5 Å². The fourth-order valence-electron chi connectivity index (χ4n) is 2.11. The Balaban J connectivity index is 2.26. The van der Waals surface area contributed by atoms with Crippen molar-refractivity contribution in [3.63, 3.8) is 0 Å². The van der Waals surface area contributed by atoms with Crippen LogP contribution in [-0.4, -0.2) is 43.2 Å². The molecule has 1 unspecified atom stereocenters. The summed E-state index contributed by atoms with van der Waals surface area (Å²) in [4.78, 5) is 18.3. The second-order valence-corrected chi connectivity index (χ2v) is 5.55. The van der Waals surface area contributed by atoms with Crippen molar-refractivity contribution in [3.8, 4) is 0 Å². The van der Waals surface area contributed by atoms with Gasteiger partial charge in [-0.05, 0) is 12.5 Å². The Morgan fingerprint density at radius 3 is 3.05 bits per heavy atom. The first-order valence-corrected chi connectivity index (χ1v) is 7.53. The largest absolute Gasteiger partial charge is 0.382 e. The molecule has 1 atom stereocenters. The molecule has 1 saturated heterocycles. The molecule has 1 fully saturated rings. The first kappa shape index (κ1) is 16.1.